The Morgan fingerprint density at radius 1 is 1.12 bits per heavy atom. The Balaban J connectivity index is 1.57. The summed E-state index contributed by atoms with van der Waals surface area (Å²) < 4.78 is 10.6. The minimum Gasteiger partial charge on any atom is -0.382 e. The van der Waals surface area contributed by atoms with Crippen LogP contribution >= 0.6 is 0 Å². The molecular weight excluding hydrogens is 426 g/mol. The highest BCUT2D eigenvalue weighted by molar-refractivity contribution is 5.79. The van der Waals surface area contributed by atoms with Crippen molar-refractivity contribution in [1.82, 2.24) is 15.1 Å². The van der Waals surface area contributed by atoms with E-state index in [0.29, 0.717) is 32.3 Å². The van der Waals surface area contributed by atoms with E-state index in [0.717, 1.165) is 38.2 Å². The van der Waals surface area contributed by atoms with Crippen molar-refractivity contribution in [3.63, 3.8) is 0 Å². The van der Waals surface area contributed by atoms with Gasteiger partial charge in [0.15, 0.2) is 0 Å². The van der Waals surface area contributed by atoms with Gasteiger partial charge in [0.25, 0.3) is 0 Å². The summed E-state index contributed by atoms with van der Waals surface area (Å²) in [5, 5.41) is 3.61. The first-order chi connectivity index (χ1) is 16.5. The van der Waals surface area contributed by atoms with Crippen LogP contribution in [0.1, 0.15) is 34.7 Å². The number of methoxy groups -OCH3 is 1. The third kappa shape index (κ3) is 7.91. The van der Waals surface area contributed by atoms with E-state index in [4.69, 9.17) is 9.47 Å². The predicted octanol–water partition coefficient (Wildman–Crippen LogP) is 3.37. The molecule has 0 aliphatic carbocycles. The lowest BCUT2D eigenvalue weighted by Crippen LogP contribution is -2.41. The van der Waals surface area contributed by atoms with Crippen molar-refractivity contribution in [2.24, 2.45) is 0 Å². The summed E-state index contributed by atoms with van der Waals surface area (Å²) in [6, 6.07) is 17.2. The maximum Gasteiger partial charge on any atom is 0.227 e. The molecule has 1 aliphatic rings. The summed E-state index contributed by atoms with van der Waals surface area (Å²) in [5.74, 6) is 0.152. The number of carbonyl (C=O) groups excluding carboxylic acids is 1. The van der Waals surface area contributed by atoms with Gasteiger partial charge in [-0.25, -0.2) is 0 Å². The minimum absolute atomic E-state index is 0.0244. The molecule has 1 saturated heterocycles. The molecule has 2 aromatic carbocycles. The predicted molar refractivity (Wildman–Crippen MR) is 137 cm³/mol. The Morgan fingerprint density at radius 2 is 1.91 bits per heavy atom. The fourth-order valence-electron chi connectivity index (χ4n) is 4.50. The molecule has 186 valence electrons. The van der Waals surface area contributed by atoms with Crippen LogP contribution < -0.4 is 5.32 Å². The van der Waals surface area contributed by atoms with Gasteiger partial charge in [-0.15, -0.1) is 0 Å². The first-order valence-corrected chi connectivity index (χ1v) is 12.4. The molecule has 1 fully saturated rings. The van der Waals surface area contributed by atoms with E-state index < -0.39 is 0 Å². The lowest BCUT2D eigenvalue weighted by molar-refractivity contribution is -0.131. The van der Waals surface area contributed by atoms with Crippen molar-refractivity contribution in [1.29, 1.82) is 0 Å². The quantitative estimate of drug-likeness (QED) is 0.458. The number of carbonyl (C=O) groups is 1. The smallest absolute Gasteiger partial charge is 0.227 e. The molecule has 1 aliphatic heterocycles. The van der Waals surface area contributed by atoms with Gasteiger partial charge in [0.1, 0.15) is 0 Å². The summed E-state index contributed by atoms with van der Waals surface area (Å²) in [5.41, 5.74) is 4.74. The van der Waals surface area contributed by atoms with Gasteiger partial charge < -0.3 is 19.7 Å². The zero-order valence-corrected chi connectivity index (χ0v) is 21.3. The Hall–Kier alpha value is -2.25. The van der Waals surface area contributed by atoms with E-state index >= 15 is 0 Å². The first-order valence-electron chi connectivity index (χ1n) is 12.4. The zero-order valence-electron chi connectivity index (χ0n) is 21.3. The van der Waals surface area contributed by atoms with Crippen molar-refractivity contribution in [2.75, 3.05) is 60.2 Å². The average molecular weight is 468 g/mol. The van der Waals surface area contributed by atoms with Crippen LogP contribution in [0.2, 0.25) is 0 Å². The van der Waals surface area contributed by atoms with Crippen LogP contribution in [0.15, 0.2) is 48.5 Å². The summed E-state index contributed by atoms with van der Waals surface area (Å²) in [7, 11) is 3.63. The number of likely N-dealkylation sites (N-methyl/N-ethyl adjacent to an activating group) is 1. The van der Waals surface area contributed by atoms with Gasteiger partial charge in [0.05, 0.1) is 32.3 Å². The van der Waals surface area contributed by atoms with Crippen LogP contribution in [-0.2, 0) is 20.7 Å². The molecule has 2 aromatic rings. The van der Waals surface area contributed by atoms with Crippen LogP contribution in [0.5, 0.6) is 0 Å². The summed E-state index contributed by atoms with van der Waals surface area (Å²) >= 11 is 0. The molecule has 0 bridgehead atoms. The van der Waals surface area contributed by atoms with Crippen LogP contribution in [0.3, 0.4) is 0 Å². The summed E-state index contributed by atoms with van der Waals surface area (Å²) in [6.45, 7) is 9.87. The lowest BCUT2D eigenvalue weighted by Gasteiger charge is -2.32. The molecule has 0 aromatic heterocycles. The molecule has 2 atom stereocenters. The van der Waals surface area contributed by atoms with Crippen LogP contribution in [0, 0.1) is 13.8 Å². The van der Waals surface area contributed by atoms with E-state index in [2.05, 4.69) is 66.5 Å². The van der Waals surface area contributed by atoms with Gasteiger partial charge in [-0.3, -0.25) is 9.69 Å². The summed E-state index contributed by atoms with van der Waals surface area (Å²) in [6.07, 6.45) is 1.54. The van der Waals surface area contributed by atoms with E-state index in [1.807, 2.05) is 18.0 Å². The fraction of sp³-hybridized carbons (Fsp3) is 0.536. The topological polar surface area (TPSA) is 54.0 Å². The standard InChI is InChI=1S/C28H41N3O3/c1-22-10-11-24(18-23(22)2)19-28(32)30(3)27(25-8-6-5-7-9-25)21-31-14-12-26(20-31)29-13-15-34-17-16-33-4/h5-11,18,26-27,29H,12-17,19-21H2,1-4H3. The first kappa shape index (κ1) is 26.4. The molecule has 34 heavy (non-hydrogen) atoms. The van der Waals surface area contributed by atoms with Crippen LogP contribution in [0.25, 0.3) is 0 Å². The van der Waals surface area contributed by atoms with Crippen molar-refractivity contribution >= 4 is 5.91 Å². The monoisotopic (exact) mass is 467 g/mol. The zero-order chi connectivity index (χ0) is 24.3. The number of nitrogens with one attached hydrogen (secondary N) is 1. The third-order valence-electron chi connectivity index (χ3n) is 6.79. The maximum absolute atomic E-state index is 13.3. The Morgan fingerprint density at radius 3 is 2.65 bits per heavy atom. The number of nitrogens with zero attached hydrogens (tertiary/aromatic N) is 2. The highest BCUT2D eigenvalue weighted by atomic mass is 16.5. The number of hydrogen-bond acceptors (Lipinski definition) is 5. The number of aryl methyl sites for hydroxylation is 2. The van der Waals surface area contributed by atoms with Gasteiger partial charge in [0.2, 0.25) is 5.91 Å². The molecule has 1 heterocycles. The molecule has 6 heteroatoms. The number of rotatable bonds is 13. The molecule has 0 spiro atoms. The number of likely N-dealkylation sites (tertiary alicyclic amines) is 1. The highest BCUT2D eigenvalue weighted by Gasteiger charge is 2.28. The van der Waals surface area contributed by atoms with E-state index in [-0.39, 0.29) is 11.9 Å². The van der Waals surface area contributed by atoms with Gasteiger partial charge in [-0.2, -0.15) is 0 Å². The molecule has 2 unspecified atom stereocenters. The van der Waals surface area contributed by atoms with E-state index in [9.17, 15) is 4.79 Å². The lowest BCUT2D eigenvalue weighted by atomic mass is 10.0. The molecule has 1 amide bonds. The molecule has 3 rings (SSSR count). The molecule has 0 radical (unpaired) electrons. The second-order valence-corrected chi connectivity index (χ2v) is 9.33. The maximum atomic E-state index is 13.3. The highest BCUT2D eigenvalue weighted by Crippen LogP contribution is 2.24. The van der Waals surface area contributed by atoms with Crippen molar-refractivity contribution in [3.8, 4) is 0 Å². The third-order valence-corrected chi connectivity index (χ3v) is 6.79. The molecule has 1 N–H and O–H groups in total. The SMILES string of the molecule is COCCOCCNC1CCN(CC(c2ccccc2)N(C)C(=O)Cc2ccc(C)c(C)c2)C1. The molecular formula is C28H41N3O3. The second kappa shape index (κ2) is 13.6. The van der Waals surface area contributed by atoms with Crippen LogP contribution in [-0.4, -0.2) is 81.9 Å². The van der Waals surface area contributed by atoms with Crippen molar-refractivity contribution < 1.29 is 14.3 Å². The summed E-state index contributed by atoms with van der Waals surface area (Å²) in [4.78, 5) is 17.7. The Labute approximate surface area is 205 Å². The Bertz CT molecular complexity index is 890. The number of hydrogen-bond donors (Lipinski definition) is 1. The number of amides is 1. The second-order valence-electron chi connectivity index (χ2n) is 9.33. The Kier molecular flexibility index (Phi) is 10.5. The van der Waals surface area contributed by atoms with E-state index in [1.54, 1.807) is 7.11 Å². The largest absolute Gasteiger partial charge is 0.382 e. The number of ether oxygens (including phenoxy) is 2. The number of benzene rings is 2. The van der Waals surface area contributed by atoms with Gasteiger partial charge in [-0.1, -0.05) is 48.5 Å². The molecule has 6 nitrogen and oxygen atoms in total. The fourth-order valence-corrected chi connectivity index (χ4v) is 4.50. The molecule has 0 saturated carbocycles. The van der Waals surface area contributed by atoms with Crippen LogP contribution in [0.4, 0.5) is 0 Å². The van der Waals surface area contributed by atoms with Gasteiger partial charge in [-0.05, 0) is 49.1 Å². The van der Waals surface area contributed by atoms with Crippen molar-refractivity contribution in [3.05, 3.63) is 70.8 Å². The van der Waals surface area contributed by atoms with E-state index in [1.165, 1.54) is 16.7 Å². The normalized spacial score (nSPS) is 17.1. The average Bonchev–Trinajstić information content (AvgIpc) is 3.29. The van der Waals surface area contributed by atoms with Gasteiger partial charge >= 0.3 is 0 Å². The van der Waals surface area contributed by atoms with Crippen molar-refractivity contribution in [2.45, 2.75) is 38.8 Å². The van der Waals surface area contributed by atoms with Gasteiger partial charge in [0, 0.05) is 39.8 Å². The minimum atomic E-state index is 0.0244.